The van der Waals surface area contributed by atoms with Crippen molar-refractivity contribution in [1.29, 1.82) is 0 Å². The van der Waals surface area contributed by atoms with E-state index < -0.39 is 18.1 Å². The van der Waals surface area contributed by atoms with Crippen molar-refractivity contribution in [2.24, 2.45) is 11.6 Å². The molecule has 15 heavy (non-hydrogen) atoms. The van der Waals surface area contributed by atoms with Crippen LogP contribution in [0, 0.1) is 0 Å². The zero-order chi connectivity index (χ0) is 11.4. The monoisotopic (exact) mass is 211 g/mol. The number of rotatable bonds is 4. The first-order valence-corrected chi connectivity index (χ1v) is 4.28. The van der Waals surface area contributed by atoms with Crippen molar-refractivity contribution in [2.75, 3.05) is 5.43 Å². The summed E-state index contributed by atoms with van der Waals surface area (Å²) in [5, 5.41) is 18.8. The summed E-state index contributed by atoms with van der Waals surface area (Å²) < 4.78 is 0. The summed E-state index contributed by atoms with van der Waals surface area (Å²) in [5.41, 5.74) is 8.15. The standard InChI is InChI=1S/C9H13N3O3/c10-9(15)8(14)7(13)5-2-1-3-6(4-5)12-11/h1-4,7-8,12-14H,11H2,(H2,10,15). The number of carbonyl (C=O) groups excluding carboxylic acids is 1. The number of nitrogen functional groups attached to an aromatic ring is 1. The highest BCUT2D eigenvalue weighted by molar-refractivity contribution is 5.79. The van der Waals surface area contributed by atoms with Gasteiger partial charge in [-0.1, -0.05) is 12.1 Å². The minimum atomic E-state index is -1.63. The molecular formula is C9H13N3O3. The Labute approximate surface area is 86.5 Å². The van der Waals surface area contributed by atoms with E-state index in [2.05, 4.69) is 5.43 Å². The van der Waals surface area contributed by atoms with Gasteiger partial charge < -0.3 is 21.4 Å². The molecular weight excluding hydrogens is 198 g/mol. The van der Waals surface area contributed by atoms with Crippen LogP contribution in [0.4, 0.5) is 5.69 Å². The lowest BCUT2D eigenvalue weighted by Gasteiger charge is -2.15. The normalized spacial score (nSPS) is 14.3. The van der Waals surface area contributed by atoms with E-state index in [9.17, 15) is 15.0 Å². The van der Waals surface area contributed by atoms with Crippen LogP contribution in [0.25, 0.3) is 0 Å². The van der Waals surface area contributed by atoms with Crippen LogP contribution in [0.2, 0.25) is 0 Å². The maximum Gasteiger partial charge on any atom is 0.249 e. The molecule has 6 heteroatoms. The topological polar surface area (TPSA) is 122 Å². The number of nitrogens with two attached hydrogens (primary N) is 2. The van der Waals surface area contributed by atoms with Gasteiger partial charge in [0, 0.05) is 5.69 Å². The summed E-state index contributed by atoms with van der Waals surface area (Å²) >= 11 is 0. The summed E-state index contributed by atoms with van der Waals surface area (Å²) in [6, 6.07) is 6.36. The van der Waals surface area contributed by atoms with Crippen molar-refractivity contribution in [3.8, 4) is 0 Å². The first kappa shape index (κ1) is 11.4. The summed E-state index contributed by atoms with van der Waals surface area (Å²) in [4.78, 5) is 10.6. The highest BCUT2D eigenvalue weighted by atomic mass is 16.3. The molecule has 0 aliphatic carbocycles. The van der Waals surface area contributed by atoms with E-state index in [-0.39, 0.29) is 0 Å². The van der Waals surface area contributed by atoms with E-state index in [1.165, 1.54) is 6.07 Å². The second-order valence-corrected chi connectivity index (χ2v) is 3.06. The highest BCUT2D eigenvalue weighted by Crippen LogP contribution is 2.19. The van der Waals surface area contributed by atoms with Crippen LogP contribution in [0.15, 0.2) is 24.3 Å². The van der Waals surface area contributed by atoms with E-state index >= 15 is 0 Å². The van der Waals surface area contributed by atoms with Gasteiger partial charge in [-0.25, -0.2) is 0 Å². The Bertz CT molecular complexity index is 356. The van der Waals surface area contributed by atoms with Gasteiger partial charge in [0.2, 0.25) is 5.91 Å². The Kier molecular flexibility index (Phi) is 3.62. The van der Waals surface area contributed by atoms with Crippen LogP contribution in [-0.2, 0) is 4.79 Å². The van der Waals surface area contributed by atoms with E-state index in [4.69, 9.17) is 11.6 Å². The molecule has 0 aromatic heterocycles. The predicted molar refractivity (Wildman–Crippen MR) is 54.4 cm³/mol. The third-order valence-corrected chi connectivity index (χ3v) is 1.99. The molecule has 6 nitrogen and oxygen atoms in total. The smallest absolute Gasteiger partial charge is 0.249 e. The second kappa shape index (κ2) is 4.74. The van der Waals surface area contributed by atoms with Crippen LogP contribution in [0.3, 0.4) is 0 Å². The lowest BCUT2D eigenvalue weighted by Crippen LogP contribution is -2.33. The Balaban J connectivity index is 2.90. The molecule has 82 valence electrons. The van der Waals surface area contributed by atoms with Crippen molar-refractivity contribution in [2.45, 2.75) is 12.2 Å². The van der Waals surface area contributed by atoms with Crippen molar-refractivity contribution >= 4 is 11.6 Å². The van der Waals surface area contributed by atoms with E-state index in [0.717, 1.165) is 0 Å². The number of benzene rings is 1. The summed E-state index contributed by atoms with van der Waals surface area (Å²) in [7, 11) is 0. The number of aliphatic hydroxyl groups is 2. The van der Waals surface area contributed by atoms with E-state index in [1.807, 2.05) is 0 Å². The molecule has 1 aromatic carbocycles. The highest BCUT2D eigenvalue weighted by Gasteiger charge is 2.23. The van der Waals surface area contributed by atoms with Gasteiger partial charge in [0.25, 0.3) is 0 Å². The van der Waals surface area contributed by atoms with Gasteiger partial charge in [-0.15, -0.1) is 0 Å². The number of amides is 1. The summed E-state index contributed by atoms with van der Waals surface area (Å²) in [5.74, 6) is 4.19. The number of anilines is 1. The van der Waals surface area contributed by atoms with E-state index in [0.29, 0.717) is 11.3 Å². The first-order valence-electron chi connectivity index (χ1n) is 4.28. The van der Waals surface area contributed by atoms with Crippen LogP contribution < -0.4 is 17.0 Å². The van der Waals surface area contributed by atoms with Crippen molar-refractivity contribution in [1.82, 2.24) is 0 Å². The number of primary amides is 1. The predicted octanol–water partition coefficient (Wildman–Crippen LogP) is -1.15. The van der Waals surface area contributed by atoms with Gasteiger partial charge >= 0.3 is 0 Å². The molecule has 2 atom stereocenters. The zero-order valence-electron chi connectivity index (χ0n) is 7.92. The number of hydrazine groups is 1. The van der Waals surface area contributed by atoms with Crippen LogP contribution in [-0.4, -0.2) is 22.2 Å². The fourth-order valence-corrected chi connectivity index (χ4v) is 1.15. The molecule has 0 fully saturated rings. The fourth-order valence-electron chi connectivity index (χ4n) is 1.15. The number of carbonyl (C=O) groups is 1. The van der Waals surface area contributed by atoms with Gasteiger partial charge in [0.05, 0.1) is 0 Å². The number of hydrogen-bond acceptors (Lipinski definition) is 5. The lowest BCUT2D eigenvalue weighted by atomic mass is 10.0. The van der Waals surface area contributed by atoms with Gasteiger partial charge in [0.15, 0.2) is 6.10 Å². The molecule has 1 amide bonds. The van der Waals surface area contributed by atoms with Gasteiger partial charge in [-0.2, -0.15) is 0 Å². The molecule has 0 bridgehead atoms. The number of aliphatic hydroxyl groups excluding tert-OH is 2. The van der Waals surface area contributed by atoms with Gasteiger partial charge in [0.1, 0.15) is 6.10 Å². The maximum atomic E-state index is 10.6. The van der Waals surface area contributed by atoms with Gasteiger partial charge in [-0.05, 0) is 17.7 Å². The van der Waals surface area contributed by atoms with Gasteiger partial charge in [-0.3, -0.25) is 10.6 Å². The average Bonchev–Trinajstić information content (AvgIpc) is 2.27. The van der Waals surface area contributed by atoms with Crippen molar-refractivity contribution in [3.63, 3.8) is 0 Å². The van der Waals surface area contributed by atoms with Crippen molar-refractivity contribution < 1.29 is 15.0 Å². The Morgan fingerprint density at radius 3 is 2.60 bits per heavy atom. The second-order valence-electron chi connectivity index (χ2n) is 3.06. The number of nitrogens with one attached hydrogen (secondary N) is 1. The molecule has 0 heterocycles. The third-order valence-electron chi connectivity index (χ3n) is 1.99. The molecule has 0 spiro atoms. The Morgan fingerprint density at radius 2 is 2.07 bits per heavy atom. The molecule has 7 N–H and O–H groups in total. The largest absolute Gasteiger partial charge is 0.385 e. The maximum absolute atomic E-state index is 10.6. The minimum absolute atomic E-state index is 0.358. The fraction of sp³-hybridized carbons (Fsp3) is 0.222. The molecule has 1 rings (SSSR count). The Hall–Kier alpha value is -1.63. The first-order chi connectivity index (χ1) is 7.06. The average molecular weight is 211 g/mol. The van der Waals surface area contributed by atoms with Crippen LogP contribution in [0.1, 0.15) is 11.7 Å². The molecule has 0 aliphatic rings. The summed E-state index contributed by atoms with van der Waals surface area (Å²) in [6.45, 7) is 0. The van der Waals surface area contributed by atoms with Crippen LogP contribution in [0.5, 0.6) is 0 Å². The summed E-state index contributed by atoms with van der Waals surface area (Å²) in [6.07, 6.45) is -2.98. The minimum Gasteiger partial charge on any atom is -0.385 e. The van der Waals surface area contributed by atoms with Crippen LogP contribution >= 0.6 is 0 Å². The molecule has 1 aromatic rings. The molecule has 2 unspecified atom stereocenters. The quantitative estimate of drug-likeness (QED) is 0.318. The molecule has 0 saturated carbocycles. The Morgan fingerprint density at radius 1 is 1.40 bits per heavy atom. The zero-order valence-corrected chi connectivity index (χ0v) is 7.92. The van der Waals surface area contributed by atoms with E-state index in [1.54, 1.807) is 18.2 Å². The molecule has 0 saturated heterocycles. The number of hydrogen-bond donors (Lipinski definition) is 5. The molecule has 0 aliphatic heterocycles. The third kappa shape index (κ3) is 2.66. The lowest BCUT2D eigenvalue weighted by molar-refractivity contribution is -0.131. The molecule has 0 radical (unpaired) electrons. The SMILES string of the molecule is NNc1cccc(C(O)C(O)C(N)=O)c1. The van der Waals surface area contributed by atoms with Crippen molar-refractivity contribution in [3.05, 3.63) is 29.8 Å².